The van der Waals surface area contributed by atoms with Gasteiger partial charge in [0, 0.05) is 11.7 Å². The van der Waals surface area contributed by atoms with Gasteiger partial charge < -0.3 is 16.0 Å². The molecule has 4 nitrogen and oxygen atoms in total. The number of halogens is 1. The molecule has 0 amide bonds. The van der Waals surface area contributed by atoms with Gasteiger partial charge in [-0.1, -0.05) is 38.5 Å². The Bertz CT molecular complexity index is 553. The fourth-order valence-corrected chi connectivity index (χ4v) is 4.01. The van der Waals surface area contributed by atoms with Gasteiger partial charge in [-0.05, 0) is 62.7 Å². The Labute approximate surface area is 169 Å². The third-order valence-corrected chi connectivity index (χ3v) is 5.57. The number of nitrogens with one attached hydrogen (secondary N) is 1. The highest BCUT2D eigenvalue weighted by Crippen LogP contribution is 2.30. The number of aryl methyl sites for hydroxylation is 2. The van der Waals surface area contributed by atoms with E-state index in [9.17, 15) is 0 Å². The van der Waals surface area contributed by atoms with Gasteiger partial charge in [0.1, 0.15) is 0 Å². The van der Waals surface area contributed by atoms with Gasteiger partial charge in [0.05, 0.1) is 6.04 Å². The first-order valence-corrected chi connectivity index (χ1v) is 9.66. The van der Waals surface area contributed by atoms with Crippen molar-refractivity contribution in [3.8, 4) is 0 Å². The largest absolute Gasteiger partial charge is 0.370 e. The zero-order chi connectivity index (χ0) is 16.9. The molecule has 1 aliphatic heterocycles. The van der Waals surface area contributed by atoms with Crippen molar-refractivity contribution in [3.05, 3.63) is 29.3 Å². The predicted molar refractivity (Wildman–Crippen MR) is 118 cm³/mol. The van der Waals surface area contributed by atoms with Crippen LogP contribution in [0.15, 0.2) is 23.2 Å². The van der Waals surface area contributed by atoms with E-state index in [1.54, 1.807) is 0 Å². The predicted octanol–water partition coefficient (Wildman–Crippen LogP) is 4.17. The number of piperidine rings is 1. The summed E-state index contributed by atoms with van der Waals surface area (Å²) in [6.45, 7) is 6.92. The van der Waals surface area contributed by atoms with Crippen molar-refractivity contribution in [2.24, 2.45) is 10.7 Å². The Balaban J connectivity index is 0.00000225. The third kappa shape index (κ3) is 5.09. The van der Waals surface area contributed by atoms with Crippen LogP contribution < -0.4 is 11.1 Å². The Morgan fingerprint density at radius 1 is 1.12 bits per heavy atom. The molecule has 1 saturated carbocycles. The molecule has 25 heavy (non-hydrogen) atoms. The zero-order valence-electron chi connectivity index (χ0n) is 15.6. The quantitative estimate of drug-likeness (QED) is 0.397. The van der Waals surface area contributed by atoms with E-state index >= 15 is 0 Å². The summed E-state index contributed by atoms with van der Waals surface area (Å²) in [6, 6.07) is 7.60. The molecule has 0 unspecified atom stereocenters. The summed E-state index contributed by atoms with van der Waals surface area (Å²) in [4.78, 5) is 7.38. The maximum Gasteiger partial charge on any atom is 0.193 e. The van der Waals surface area contributed by atoms with Crippen molar-refractivity contribution in [3.63, 3.8) is 0 Å². The zero-order valence-corrected chi connectivity index (χ0v) is 18.0. The molecule has 1 aliphatic carbocycles. The topological polar surface area (TPSA) is 53.6 Å². The van der Waals surface area contributed by atoms with E-state index in [2.05, 4.69) is 42.3 Å². The molecule has 0 bridgehead atoms. The summed E-state index contributed by atoms with van der Waals surface area (Å²) in [5, 5.41) is 3.39. The van der Waals surface area contributed by atoms with E-state index in [1.807, 2.05) is 0 Å². The van der Waals surface area contributed by atoms with Crippen LogP contribution in [0, 0.1) is 0 Å². The Morgan fingerprint density at radius 2 is 1.72 bits per heavy atom. The molecule has 2 fully saturated rings. The van der Waals surface area contributed by atoms with Crippen LogP contribution >= 0.6 is 24.0 Å². The van der Waals surface area contributed by atoms with Gasteiger partial charge in [-0.15, -0.1) is 24.0 Å². The van der Waals surface area contributed by atoms with Gasteiger partial charge in [0.25, 0.3) is 0 Å². The van der Waals surface area contributed by atoms with Gasteiger partial charge in [0.15, 0.2) is 5.96 Å². The number of anilines is 1. The molecule has 1 aromatic rings. The molecule has 0 spiro atoms. The first-order chi connectivity index (χ1) is 11.7. The van der Waals surface area contributed by atoms with Crippen molar-refractivity contribution in [1.82, 2.24) is 4.90 Å². The average molecular weight is 456 g/mol. The molecule has 3 rings (SSSR count). The number of guanidine groups is 1. The Hall–Kier alpha value is -0.820. The normalized spacial score (nSPS) is 24.3. The van der Waals surface area contributed by atoms with Crippen molar-refractivity contribution < 1.29 is 0 Å². The van der Waals surface area contributed by atoms with Gasteiger partial charge in [0.2, 0.25) is 0 Å². The van der Waals surface area contributed by atoms with Gasteiger partial charge in [-0.2, -0.15) is 0 Å². The second-order valence-corrected chi connectivity index (χ2v) is 7.17. The van der Waals surface area contributed by atoms with Crippen molar-refractivity contribution in [2.45, 2.75) is 70.9 Å². The molecule has 1 saturated heterocycles. The number of likely N-dealkylation sites (tertiary alicyclic amines) is 1. The van der Waals surface area contributed by atoms with E-state index in [1.165, 1.54) is 56.3 Å². The van der Waals surface area contributed by atoms with Crippen LogP contribution in [0.2, 0.25) is 0 Å². The monoisotopic (exact) mass is 456 g/mol. The summed E-state index contributed by atoms with van der Waals surface area (Å²) >= 11 is 0. The highest BCUT2D eigenvalue weighted by Gasteiger charge is 2.34. The number of para-hydroxylation sites is 1. The van der Waals surface area contributed by atoms with Crippen molar-refractivity contribution >= 4 is 35.6 Å². The van der Waals surface area contributed by atoms with E-state index in [4.69, 9.17) is 10.7 Å². The van der Waals surface area contributed by atoms with Gasteiger partial charge in [-0.25, -0.2) is 4.99 Å². The van der Waals surface area contributed by atoms with Crippen LogP contribution in [0.25, 0.3) is 0 Å². The van der Waals surface area contributed by atoms with Crippen LogP contribution in [-0.4, -0.2) is 36.0 Å². The minimum atomic E-state index is 0. The number of nitrogens with zero attached hydrogens (tertiary/aromatic N) is 2. The first-order valence-electron chi connectivity index (χ1n) is 9.66. The summed E-state index contributed by atoms with van der Waals surface area (Å²) in [5.74, 6) is 0.577. The molecular weight excluding hydrogens is 423 g/mol. The number of rotatable bonds is 5. The Morgan fingerprint density at radius 3 is 2.28 bits per heavy atom. The lowest BCUT2D eigenvalue weighted by Crippen LogP contribution is -2.49. The van der Waals surface area contributed by atoms with Crippen LogP contribution in [0.4, 0.5) is 5.69 Å². The lowest BCUT2D eigenvalue weighted by Gasteiger charge is -2.43. The molecule has 2 aliphatic rings. The fraction of sp³-hybridized carbons (Fsp3) is 0.650. The summed E-state index contributed by atoms with van der Waals surface area (Å²) in [5.41, 5.74) is 10.00. The van der Waals surface area contributed by atoms with Crippen molar-refractivity contribution in [2.75, 3.05) is 18.4 Å². The fourth-order valence-electron chi connectivity index (χ4n) is 4.01. The van der Waals surface area contributed by atoms with Crippen LogP contribution in [0.5, 0.6) is 0 Å². The molecule has 0 radical (unpaired) electrons. The number of hydrogen-bond acceptors (Lipinski definition) is 2. The molecule has 5 heteroatoms. The SMILES string of the molecule is CCc1cccc(CC)c1NC(N)=NC1CC(N2CCCCC2)C1.I. The van der Waals surface area contributed by atoms with Gasteiger partial charge in [-0.3, -0.25) is 0 Å². The Kier molecular flexibility index (Phi) is 8.00. The molecule has 3 N–H and O–H groups in total. The minimum Gasteiger partial charge on any atom is -0.370 e. The second kappa shape index (κ2) is 9.76. The van der Waals surface area contributed by atoms with Gasteiger partial charge >= 0.3 is 0 Å². The summed E-state index contributed by atoms with van der Waals surface area (Å²) in [7, 11) is 0. The first kappa shape index (κ1) is 20.5. The highest BCUT2D eigenvalue weighted by molar-refractivity contribution is 14.0. The average Bonchev–Trinajstić information content (AvgIpc) is 2.58. The highest BCUT2D eigenvalue weighted by atomic mass is 127. The number of aliphatic imine (C=N–C) groups is 1. The number of benzene rings is 1. The molecule has 1 heterocycles. The maximum absolute atomic E-state index is 6.21. The number of hydrogen-bond donors (Lipinski definition) is 2. The third-order valence-electron chi connectivity index (χ3n) is 5.57. The lowest BCUT2D eigenvalue weighted by atomic mass is 9.85. The number of nitrogens with two attached hydrogens (primary N) is 1. The lowest BCUT2D eigenvalue weighted by molar-refractivity contribution is 0.0912. The second-order valence-electron chi connectivity index (χ2n) is 7.17. The van der Waals surface area contributed by atoms with Crippen molar-refractivity contribution in [1.29, 1.82) is 0 Å². The standard InChI is InChI=1S/C20H32N4.HI/c1-3-15-9-8-10-16(4-2)19(15)23-20(21)22-17-13-18(14-17)24-11-6-5-7-12-24;/h8-10,17-18H,3-7,11-14H2,1-2H3,(H3,21,22,23);1H. The van der Waals surface area contributed by atoms with Crippen LogP contribution in [-0.2, 0) is 12.8 Å². The smallest absolute Gasteiger partial charge is 0.193 e. The van der Waals surface area contributed by atoms with Crippen LogP contribution in [0.3, 0.4) is 0 Å². The molecule has 140 valence electrons. The molecule has 0 atom stereocenters. The van der Waals surface area contributed by atoms with Crippen LogP contribution in [0.1, 0.15) is 57.1 Å². The molecular formula is C20H33IN4. The molecule has 1 aromatic carbocycles. The van der Waals surface area contributed by atoms with E-state index in [-0.39, 0.29) is 24.0 Å². The minimum absolute atomic E-state index is 0. The van der Waals surface area contributed by atoms with E-state index in [0.29, 0.717) is 12.0 Å². The maximum atomic E-state index is 6.21. The van der Waals surface area contributed by atoms with E-state index in [0.717, 1.165) is 24.6 Å². The summed E-state index contributed by atoms with van der Waals surface area (Å²) in [6.07, 6.45) is 8.46. The molecule has 0 aromatic heterocycles. The summed E-state index contributed by atoms with van der Waals surface area (Å²) < 4.78 is 0. The van der Waals surface area contributed by atoms with E-state index < -0.39 is 0 Å².